The summed E-state index contributed by atoms with van der Waals surface area (Å²) >= 11 is 0. The van der Waals surface area contributed by atoms with Crippen LogP contribution < -0.4 is 66.8 Å². The number of para-hydroxylation sites is 2. The highest BCUT2D eigenvalue weighted by Gasteiger charge is 2.03. The van der Waals surface area contributed by atoms with E-state index >= 15 is 0 Å². The van der Waals surface area contributed by atoms with Crippen LogP contribution in [-0.2, 0) is 0 Å². The topological polar surface area (TPSA) is 381 Å². The summed E-state index contributed by atoms with van der Waals surface area (Å²) in [7, 11) is 3.11. The summed E-state index contributed by atoms with van der Waals surface area (Å²) in [4.78, 5) is 63.4. The number of nitrogen functional groups attached to an aromatic ring is 4. The van der Waals surface area contributed by atoms with Crippen molar-refractivity contribution in [1.82, 2.24) is 0 Å². The molecule has 0 atom stereocenters. The number of nitrogens with two attached hydrogens (primary N) is 10. The molecular formula is C44H50N10O8. The van der Waals surface area contributed by atoms with E-state index in [-0.39, 0.29) is 0 Å². The highest BCUT2D eigenvalue weighted by Crippen LogP contribution is 2.13. The van der Waals surface area contributed by atoms with Crippen LogP contribution in [-0.4, -0.2) is 49.7 Å². The van der Waals surface area contributed by atoms with Crippen molar-refractivity contribution in [2.24, 2.45) is 34.4 Å². The molecule has 6 amide bonds. The molecule has 6 aromatic carbocycles. The number of anilines is 4. The minimum Gasteiger partial charge on any atom is -0.497 e. The first kappa shape index (κ1) is 51.0. The van der Waals surface area contributed by atoms with E-state index in [2.05, 4.69) is 0 Å². The Morgan fingerprint density at radius 3 is 1.03 bits per heavy atom. The Balaban J connectivity index is 0.000000372. The van der Waals surface area contributed by atoms with E-state index in [0.29, 0.717) is 61.9 Å². The van der Waals surface area contributed by atoms with Crippen LogP contribution in [0.4, 0.5) is 22.7 Å². The van der Waals surface area contributed by atoms with E-state index in [4.69, 9.17) is 66.8 Å². The van der Waals surface area contributed by atoms with Gasteiger partial charge in [-0.05, 0) is 109 Å². The van der Waals surface area contributed by atoms with Gasteiger partial charge in [-0.25, -0.2) is 0 Å². The maximum absolute atomic E-state index is 10.6. The van der Waals surface area contributed by atoms with Gasteiger partial charge in [0.15, 0.2) is 0 Å². The first-order chi connectivity index (χ1) is 29.3. The first-order valence-corrected chi connectivity index (χ1v) is 17.8. The monoisotopic (exact) mass is 846 g/mol. The van der Waals surface area contributed by atoms with Gasteiger partial charge in [-0.3, -0.25) is 28.8 Å². The molecule has 0 saturated carbocycles. The molecule has 0 aliphatic carbocycles. The molecule has 0 unspecified atom stereocenters. The zero-order valence-corrected chi connectivity index (χ0v) is 33.9. The molecular weight excluding hydrogens is 797 g/mol. The molecule has 0 saturated heterocycles. The highest BCUT2D eigenvalue weighted by molar-refractivity contribution is 5.98. The quantitative estimate of drug-likeness (QED) is 0.0988. The van der Waals surface area contributed by atoms with Crippen LogP contribution in [0, 0.1) is 0 Å². The zero-order chi connectivity index (χ0) is 46.8. The van der Waals surface area contributed by atoms with E-state index in [9.17, 15) is 28.8 Å². The van der Waals surface area contributed by atoms with E-state index in [0.717, 1.165) is 5.75 Å². The summed E-state index contributed by atoms with van der Waals surface area (Å²) in [6.45, 7) is 0. The van der Waals surface area contributed by atoms with Gasteiger partial charge >= 0.3 is 0 Å². The van der Waals surface area contributed by atoms with E-state index < -0.39 is 35.4 Å². The Kier molecular flexibility index (Phi) is 22.0. The maximum Gasteiger partial charge on any atom is 0.250 e. The molecule has 0 heterocycles. The van der Waals surface area contributed by atoms with Gasteiger partial charge in [0, 0.05) is 45.0 Å². The van der Waals surface area contributed by atoms with Crippen LogP contribution in [0.1, 0.15) is 62.1 Å². The number of rotatable bonds is 8. The van der Waals surface area contributed by atoms with Crippen molar-refractivity contribution in [3.8, 4) is 11.5 Å². The number of ether oxygens (including phenoxy) is 2. The molecule has 0 radical (unpaired) electrons. The van der Waals surface area contributed by atoms with Crippen molar-refractivity contribution in [3.63, 3.8) is 0 Å². The Morgan fingerprint density at radius 2 is 0.710 bits per heavy atom. The predicted molar refractivity (Wildman–Crippen MR) is 241 cm³/mol. The van der Waals surface area contributed by atoms with Crippen LogP contribution in [0.2, 0.25) is 0 Å². The lowest BCUT2D eigenvalue weighted by Crippen LogP contribution is -2.12. The van der Waals surface area contributed by atoms with Gasteiger partial charge in [0.1, 0.15) is 11.5 Å². The van der Waals surface area contributed by atoms with Gasteiger partial charge in [0.05, 0.1) is 25.3 Å². The molecule has 0 bridgehead atoms. The van der Waals surface area contributed by atoms with Crippen LogP contribution in [0.3, 0.4) is 0 Å². The minimum absolute atomic E-state index is 0.377. The minimum atomic E-state index is -0.488. The molecule has 20 N–H and O–H groups in total. The number of carbonyl (C=O) groups is 6. The normalized spacial score (nSPS) is 9.19. The average molecular weight is 847 g/mol. The van der Waals surface area contributed by atoms with Gasteiger partial charge in [0.25, 0.3) is 11.8 Å². The third-order valence-electron chi connectivity index (χ3n) is 7.55. The van der Waals surface area contributed by atoms with Crippen LogP contribution in [0.15, 0.2) is 146 Å². The highest BCUT2D eigenvalue weighted by atomic mass is 16.5. The number of primary amides is 6. The summed E-state index contributed by atoms with van der Waals surface area (Å²) in [6.07, 6.45) is 0. The van der Waals surface area contributed by atoms with Gasteiger partial charge in [-0.15, -0.1) is 0 Å². The summed E-state index contributed by atoms with van der Waals surface area (Å²) in [5.74, 6) is -1.36. The number of methoxy groups -OCH3 is 2. The second-order valence-electron chi connectivity index (χ2n) is 12.1. The summed E-state index contributed by atoms with van der Waals surface area (Å²) < 4.78 is 9.79. The van der Waals surface area contributed by atoms with Crippen molar-refractivity contribution < 1.29 is 38.2 Å². The zero-order valence-electron chi connectivity index (χ0n) is 33.9. The van der Waals surface area contributed by atoms with Gasteiger partial charge < -0.3 is 66.8 Å². The van der Waals surface area contributed by atoms with E-state index in [1.165, 1.54) is 0 Å². The second kappa shape index (κ2) is 26.8. The Bertz CT molecular complexity index is 2350. The molecule has 0 spiro atoms. The molecule has 6 aromatic rings. The Labute approximate surface area is 357 Å². The smallest absolute Gasteiger partial charge is 0.250 e. The maximum atomic E-state index is 10.6. The Hall–Kier alpha value is -9.06. The molecule has 0 aromatic heterocycles. The molecule has 6 rings (SSSR count). The molecule has 62 heavy (non-hydrogen) atoms. The molecule has 0 fully saturated rings. The summed E-state index contributed by atoms with van der Waals surface area (Å²) in [6, 6.07) is 39.8. The van der Waals surface area contributed by atoms with Crippen molar-refractivity contribution in [2.75, 3.05) is 37.2 Å². The van der Waals surface area contributed by atoms with Crippen molar-refractivity contribution in [1.29, 1.82) is 0 Å². The summed E-state index contributed by atoms with van der Waals surface area (Å²) in [5, 5.41) is 0. The van der Waals surface area contributed by atoms with Crippen molar-refractivity contribution in [2.45, 2.75) is 0 Å². The number of amides is 6. The Morgan fingerprint density at radius 1 is 0.339 bits per heavy atom. The second-order valence-corrected chi connectivity index (χ2v) is 12.1. The largest absolute Gasteiger partial charge is 0.497 e. The fraction of sp³-hybridized carbons (Fsp3) is 0.0455. The third-order valence-corrected chi connectivity index (χ3v) is 7.55. The van der Waals surface area contributed by atoms with E-state index in [1.54, 1.807) is 160 Å². The van der Waals surface area contributed by atoms with Gasteiger partial charge in [0.2, 0.25) is 23.6 Å². The van der Waals surface area contributed by atoms with Crippen LogP contribution in [0.5, 0.6) is 11.5 Å². The lowest BCUT2D eigenvalue weighted by Gasteiger charge is -1.99. The number of carbonyl (C=O) groups excluding carboxylic acids is 6. The predicted octanol–water partition coefficient (Wildman–Crippen LogP) is 3.06. The first-order valence-electron chi connectivity index (χ1n) is 17.8. The number of hydrogen-bond donors (Lipinski definition) is 10. The lowest BCUT2D eigenvalue weighted by atomic mass is 10.2. The van der Waals surface area contributed by atoms with E-state index in [1.807, 2.05) is 0 Å². The third kappa shape index (κ3) is 19.4. The molecule has 324 valence electrons. The fourth-order valence-electron chi connectivity index (χ4n) is 4.31. The van der Waals surface area contributed by atoms with Crippen LogP contribution in [0.25, 0.3) is 0 Å². The van der Waals surface area contributed by atoms with Crippen molar-refractivity contribution >= 4 is 58.2 Å². The fourth-order valence-corrected chi connectivity index (χ4v) is 4.31. The molecule has 0 aliphatic heterocycles. The molecule has 18 nitrogen and oxygen atoms in total. The summed E-state index contributed by atoms with van der Waals surface area (Å²) in [5.41, 5.74) is 56.3. The van der Waals surface area contributed by atoms with Gasteiger partial charge in [-0.2, -0.15) is 0 Å². The lowest BCUT2D eigenvalue weighted by molar-refractivity contribution is 0.0991. The number of hydrogen-bond acceptors (Lipinski definition) is 12. The molecule has 0 aliphatic rings. The average Bonchev–Trinajstić information content (AvgIpc) is 3.25. The van der Waals surface area contributed by atoms with Crippen molar-refractivity contribution in [3.05, 3.63) is 179 Å². The number of benzene rings is 6. The van der Waals surface area contributed by atoms with Gasteiger partial charge in [-0.1, -0.05) is 36.4 Å². The molecule has 18 heteroatoms. The standard InChI is InChI=1S/2C8H9NO2.4C7H8N2O/c1-11-7-4-2-6(3-5-7)8(9)10;1-11-7-4-2-3-6(5-7)8(9)10;8-6-3-1-5(2-4-6)7(9)10;8-6-3-1-2-5(4-6)7(9)10;2*8-6-4-2-1-3-5(6)7(9)10/h2*2-5H,1H3,(H2,9,10);4*1-4H,8H2,(H2,9,10). The SMILES string of the molecule is COc1ccc(C(N)=O)cc1.COc1cccc(C(N)=O)c1.NC(=O)c1ccc(N)cc1.NC(=O)c1cccc(N)c1.NC(=O)c1ccccc1N.NC(=O)c1ccccc1N. The van der Waals surface area contributed by atoms with Crippen LogP contribution >= 0.6 is 0 Å².